The fourth-order valence-corrected chi connectivity index (χ4v) is 7.21. The van der Waals surface area contributed by atoms with E-state index in [9.17, 15) is 0 Å². The molecule has 2 aliphatic heterocycles. The maximum atomic E-state index is 8.22. The number of anilines is 6. The predicted octanol–water partition coefficient (Wildman–Crippen LogP) is 11.1. The molecule has 0 amide bonds. The average molecular weight is 912 g/mol. The van der Waals surface area contributed by atoms with Crippen LogP contribution < -0.4 is 24.6 Å². The molecule has 8 nitrogen and oxygen atoms in total. The van der Waals surface area contributed by atoms with E-state index in [1.54, 1.807) is 58.9 Å². The summed E-state index contributed by atoms with van der Waals surface area (Å²) in [5.41, 5.74) is 9.69. The molecule has 0 radical (unpaired) electrons. The summed E-state index contributed by atoms with van der Waals surface area (Å²) in [6.07, 6.45) is 6.87. The van der Waals surface area contributed by atoms with E-state index in [2.05, 4.69) is 85.7 Å². The summed E-state index contributed by atoms with van der Waals surface area (Å²) in [5.74, 6) is 1.67. The van der Waals surface area contributed by atoms with Crippen molar-refractivity contribution in [2.75, 3.05) is 33.6 Å². The first-order chi connectivity index (χ1) is 28.5. The van der Waals surface area contributed by atoms with Crippen molar-refractivity contribution >= 4 is 56.2 Å². The second-order valence-electron chi connectivity index (χ2n) is 14.6. The standard InChI is InChI=1S/C35H39N6.C11H7N2.Pt/c1-22(2)25-17-29(23(3)4)33(30(18-25)24(5)6)26-15-27(40-20-38(7)31-11-9-13-36-34(31)40)19-28(16-26)41-21-39(8)32-12-10-14-37-35(32)41;1-2-4-10-8(3-1)9-5-6-12-7-11(9)13-10;/h9-18,20-24H,1-8H3;1-7H;/q-3;-1;+4/i7D3,8D3;;. The number of nitrogens with zero attached hydrogens (tertiary/aromatic N) is 8. The zero-order valence-corrected chi connectivity index (χ0v) is 33.9. The van der Waals surface area contributed by atoms with Crippen molar-refractivity contribution in [3.8, 4) is 11.1 Å². The Kier molecular flexibility index (Phi) is 8.75. The zero-order chi connectivity index (χ0) is 42.7. The van der Waals surface area contributed by atoms with Crippen molar-refractivity contribution in [3.05, 3.63) is 140 Å². The van der Waals surface area contributed by atoms with Crippen LogP contribution in [0.25, 0.3) is 32.9 Å². The molecule has 0 spiro atoms. The van der Waals surface area contributed by atoms with Crippen molar-refractivity contribution in [3.63, 3.8) is 0 Å². The Hall–Kier alpha value is -5.20. The molecule has 0 bridgehead atoms. The number of pyridine rings is 3. The molecule has 3 aromatic carbocycles. The van der Waals surface area contributed by atoms with Crippen LogP contribution in [0.5, 0.6) is 0 Å². The molecule has 0 saturated heterocycles. The minimum atomic E-state index is -2.44. The number of rotatable bonds is 6. The van der Waals surface area contributed by atoms with Gasteiger partial charge in [-0.05, 0) is 95.1 Å². The van der Waals surface area contributed by atoms with Crippen molar-refractivity contribution in [1.82, 2.24) is 19.9 Å². The second-order valence-corrected chi connectivity index (χ2v) is 14.6. The van der Waals surface area contributed by atoms with E-state index in [0.29, 0.717) is 40.3 Å². The van der Waals surface area contributed by atoms with E-state index in [-0.39, 0.29) is 32.9 Å². The van der Waals surface area contributed by atoms with Crippen LogP contribution in [-0.4, -0.2) is 28.9 Å². The first-order valence-electron chi connectivity index (χ1n) is 21.3. The zero-order valence-electron chi connectivity index (χ0n) is 37.6. The molecule has 4 aromatic heterocycles. The molecular formula is C46H46N8Pt. The van der Waals surface area contributed by atoms with Gasteiger partial charge in [0.1, 0.15) is 11.6 Å². The van der Waals surface area contributed by atoms with Crippen molar-refractivity contribution in [1.29, 1.82) is 0 Å². The van der Waals surface area contributed by atoms with Gasteiger partial charge in [-0.2, -0.15) is 13.3 Å². The number of fused-ring (bicyclic) bond motifs is 5. The molecule has 9 heteroatoms. The van der Waals surface area contributed by atoms with Crippen LogP contribution in [0.3, 0.4) is 0 Å². The van der Waals surface area contributed by atoms with Crippen LogP contribution in [0.2, 0.25) is 0 Å². The summed E-state index contributed by atoms with van der Waals surface area (Å²) in [5, 5.41) is 2.39. The summed E-state index contributed by atoms with van der Waals surface area (Å²) >= 11 is 0. The molecule has 9 rings (SSSR count). The summed E-state index contributed by atoms with van der Waals surface area (Å²) in [6, 6.07) is 29.1. The van der Waals surface area contributed by atoms with Gasteiger partial charge in [-0.1, -0.05) is 77.9 Å². The molecule has 6 heterocycles. The van der Waals surface area contributed by atoms with E-state index in [0.717, 1.165) is 22.2 Å². The molecule has 280 valence electrons. The van der Waals surface area contributed by atoms with Gasteiger partial charge in [-0.25, -0.2) is 9.97 Å². The van der Waals surface area contributed by atoms with Gasteiger partial charge in [0.2, 0.25) is 0 Å². The minimum Gasteiger partial charge on any atom is -0.656 e. The monoisotopic (exact) mass is 911 g/mol. The van der Waals surface area contributed by atoms with Gasteiger partial charge in [-0.3, -0.25) is 4.98 Å². The summed E-state index contributed by atoms with van der Waals surface area (Å²) < 4.78 is 49.3. The molecule has 55 heavy (non-hydrogen) atoms. The molecule has 0 fully saturated rings. The minimum absolute atomic E-state index is 0. The van der Waals surface area contributed by atoms with Crippen LogP contribution in [0.4, 0.5) is 34.4 Å². The first-order valence-corrected chi connectivity index (χ1v) is 18.3. The molecule has 0 atom stereocenters. The Balaban J connectivity index is 0.000000337. The third-order valence-electron chi connectivity index (χ3n) is 9.99. The maximum Gasteiger partial charge on any atom is 4.00 e. The molecule has 7 aromatic rings. The smallest absolute Gasteiger partial charge is 0.656 e. The Morgan fingerprint density at radius 2 is 1.22 bits per heavy atom. The van der Waals surface area contributed by atoms with Crippen LogP contribution >= 0.6 is 0 Å². The third kappa shape index (κ3) is 7.09. The fourth-order valence-electron chi connectivity index (χ4n) is 7.21. The molecular weight excluding hydrogens is 860 g/mol. The number of aromatic nitrogens is 4. The fraction of sp³-hybridized carbons (Fsp3) is 0.239. The summed E-state index contributed by atoms with van der Waals surface area (Å²) in [6.45, 7) is 11.3. The Morgan fingerprint density at radius 3 is 1.76 bits per heavy atom. The van der Waals surface area contributed by atoms with Crippen LogP contribution in [0, 0.1) is 19.4 Å². The van der Waals surface area contributed by atoms with Crippen LogP contribution in [-0.2, 0) is 21.1 Å². The second kappa shape index (κ2) is 15.5. The van der Waals surface area contributed by atoms with E-state index in [1.165, 1.54) is 50.6 Å². The topological polar surface area (TPSA) is 65.7 Å². The van der Waals surface area contributed by atoms with E-state index >= 15 is 0 Å². The number of para-hydroxylation sites is 1. The quantitative estimate of drug-likeness (QED) is 0.153. The molecule has 2 aliphatic rings. The van der Waals surface area contributed by atoms with Crippen molar-refractivity contribution in [2.24, 2.45) is 0 Å². The van der Waals surface area contributed by atoms with Gasteiger partial charge in [0.15, 0.2) is 0 Å². The maximum absolute atomic E-state index is 8.22. The largest absolute Gasteiger partial charge is 4.00 e. The predicted molar refractivity (Wildman–Crippen MR) is 224 cm³/mol. The van der Waals surface area contributed by atoms with Crippen LogP contribution in [0.1, 0.15) is 84.2 Å². The first kappa shape index (κ1) is 31.1. The van der Waals surface area contributed by atoms with Crippen molar-refractivity contribution in [2.45, 2.75) is 59.3 Å². The van der Waals surface area contributed by atoms with Gasteiger partial charge in [0.25, 0.3) is 0 Å². The molecule has 0 unspecified atom stereocenters. The van der Waals surface area contributed by atoms with Gasteiger partial charge in [0, 0.05) is 44.4 Å². The molecule has 0 aliphatic carbocycles. The average Bonchev–Trinajstić information content (AvgIpc) is 3.92. The molecule has 0 saturated carbocycles. The Labute approximate surface area is 347 Å². The van der Waals surface area contributed by atoms with Gasteiger partial charge in [-0.15, -0.1) is 46.2 Å². The van der Waals surface area contributed by atoms with Crippen molar-refractivity contribution < 1.29 is 29.3 Å². The normalized spacial score (nSPS) is 15.6. The summed E-state index contributed by atoms with van der Waals surface area (Å²) in [7, 11) is 0. The molecule has 0 N–H and O–H groups in total. The van der Waals surface area contributed by atoms with E-state index in [4.69, 9.17) is 8.22 Å². The number of hydrogen-bond donors (Lipinski definition) is 0. The van der Waals surface area contributed by atoms with Crippen LogP contribution in [0.15, 0.2) is 104 Å². The SMILES string of the molecule is [2H]C([2H])([2H])N1[CH-]N(c2[c-]c(N3[CH-]N(C([2H])([2H])[2H])c4cccnc43)cc(-c3c(C(C)C)cc(C(C)C)cc3C(C)C)c2)c2ncccc21.[Pt+4].c1ccc2c(c1)[n-]c1cnccc12. The van der Waals surface area contributed by atoms with Gasteiger partial charge in [0.05, 0.1) is 0 Å². The van der Waals surface area contributed by atoms with Gasteiger partial charge < -0.3 is 24.6 Å². The summed E-state index contributed by atoms with van der Waals surface area (Å²) in [4.78, 5) is 23.6. The van der Waals surface area contributed by atoms with Gasteiger partial charge >= 0.3 is 21.1 Å². The number of benzene rings is 3. The number of hydrogen-bond acceptors (Lipinski definition) is 7. The Morgan fingerprint density at radius 1 is 0.655 bits per heavy atom. The third-order valence-corrected chi connectivity index (χ3v) is 9.99. The van der Waals surface area contributed by atoms with E-state index < -0.39 is 14.0 Å². The Bertz CT molecular complexity index is 2520. The van der Waals surface area contributed by atoms with E-state index in [1.807, 2.05) is 36.4 Å².